The van der Waals surface area contributed by atoms with Crippen LogP contribution in [0.2, 0.25) is 10.0 Å². The summed E-state index contributed by atoms with van der Waals surface area (Å²) in [7, 11) is -3.80. The average Bonchev–Trinajstić information content (AvgIpc) is 2.28. The number of carbonyl (C=O) groups is 1. The zero-order valence-corrected chi connectivity index (χ0v) is 12.3. The Balaban J connectivity index is 3.31. The van der Waals surface area contributed by atoms with Gasteiger partial charge in [0.2, 0.25) is 0 Å². The molecular formula is C11H12Cl2O5S. The molecule has 1 aromatic carbocycles. The molecule has 19 heavy (non-hydrogen) atoms. The average molecular weight is 327 g/mol. The molecule has 0 saturated carbocycles. The summed E-state index contributed by atoms with van der Waals surface area (Å²) in [5, 5.41) is 17.6. The van der Waals surface area contributed by atoms with Gasteiger partial charge < -0.3 is 10.2 Å². The first kappa shape index (κ1) is 16.2. The van der Waals surface area contributed by atoms with E-state index < -0.39 is 21.9 Å². The van der Waals surface area contributed by atoms with E-state index >= 15 is 0 Å². The Labute approximate surface area is 120 Å². The predicted molar refractivity (Wildman–Crippen MR) is 71.8 cm³/mol. The monoisotopic (exact) mass is 326 g/mol. The van der Waals surface area contributed by atoms with Crippen molar-refractivity contribution in [3.05, 3.63) is 27.7 Å². The second-order valence-corrected chi connectivity index (χ2v) is 6.92. The van der Waals surface area contributed by atoms with Crippen molar-refractivity contribution >= 4 is 39.0 Å². The molecule has 1 unspecified atom stereocenters. The van der Waals surface area contributed by atoms with Gasteiger partial charge in [-0.2, -0.15) is 0 Å². The van der Waals surface area contributed by atoms with Crippen LogP contribution < -0.4 is 0 Å². The van der Waals surface area contributed by atoms with Crippen LogP contribution in [-0.2, 0) is 9.84 Å². The van der Waals surface area contributed by atoms with Crippen molar-refractivity contribution in [2.24, 2.45) is 0 Å². The normalized spacial score (nSPS) is 13.3. The molecule has 0 aliphatic carbocycles. The molecule has 0 spiro atoms. The SMILES string of the molecule is CC(O)CCS(=O)(=O)c1cc(Cl)cc(C(=O)O)c1Cl. The predicted octanol–water partition coefficient (Wildman–Crippen LogP) is 2.24. The van der Waals surface area contributed by atoms with E-state index in [1.54, 1.807) is 0 Å². The number of benzene rings is 1. The van der Waals surface area contributed by atoms with Gasteiger partial charge in [0.1, 0.15) is 0 Å². The van der Waals surface area contributed by atoms with E-state index in [0.29, 0.717) is 0 Å². The highest BCUT2D eigenvalue weighted by atomic mass is 35.5. The van der Waals surface area contributed by atoms with E-state index in [1.165, 1.54) is 6.92 Å². The Morgan fingerprint density at radius 2 is 1.95 bits per heavy atom. The maximum absolute atomic E-state index is 12.0. The lowest BCUT2D eigenvalue weighted by atomic mass is 10.2. The van der Waals surface area contributed by atoms with Crippen LogP contribution in [0.15, 0.2) is 17.0 Å². The van der Waals surface area contributed by atoms with E-state index in [1.807, 2.05) is 0 Å². The number of rotatable bonds is 5. The van der Waals surface area contributed by atoms with E-state index in [4.69, 9.17) is 33.4 Å². The molecule has 0 aliphatic heterocycles. The summed E-state index contributed by atoms with van der Waals surface area (Å²) in [5.41, 5.74) is -0.371. The number of halogens is 2. The molecule has 5 nitrogen and oxygen atoms in total. The highest BCUT2D eigenvalue weighted by Crippen LogP contribution is 2.30. The topological polar surface area (TPSA) is 91.7 Å². The van der Waals surface area contributed by atoms with Crippen molar-refractivity contribution in [2.75, 3.05) is 5.75 Å². The van der Waals surface area contributed by atoms with Gasteiger partial charge >= 0.3 is 5.97 Å². The van der Waals surface area contributed by atoms with Crippen molar-refractivity contribution in [1.29, 1.82) is 0 Å². The lowest BCUT2D eigenvalue weighted by Gasteiger charge is -2.10. The van der Waals surface area contributed by atoms with E-state index in [2.05, 4.69) is 0 Å². The van der Waals surface area contributed by atoms with Crippen LogP contribution in [0.25, 0.3) is 0 Å². The summed E-state index contributed by atoms with van der Waals surface area (Å²) in [4.78, 5) is 10.6. The maximum Gasteiger partial charge on any atom is 0.337 e. The first-order valence-electron chi connectivity index (χ1n) is 5.28. The van der Waals surface area contributed by atoms with Crippen LogP contribution in [0.1, 0.15) is 23.7 Å². The number of aliphatic hydroxyl groups is 1. The van der Waals surface area contributed by atoms with E-state index in [0.717, 1.165) is 12.1 Å². The van der Waals surface area contributed by atoms with Crippen molar-refractivity contribution in [3.63, 3.8) is 0 Å². The zero-order chi connectivity index (χ0) is 14.8. The minimum Gasteiger partial charge on any atom is -0.478 e. The lowest BCUT2D eigenvalue weighted by Crippen LogP contribution is -2.14. The van der Waals surface area contributed by atoms with Crippen molar-refractivity contribution < 1.29 is 23.4 Å². The smallest absolute Gasteiger partial charge is 0.337 e. The molecule has 0 saturated heterocycles. The minimum atomic E-state index is -3.80. The molecule has 0 radical (unpaired) electrons. The third-order valence-electron chi connectivity index (χ3n) is 2.37. The standard InChI is InChI=1S/C11H12Cl2O5S/c1-6(14)2-3-19(17,18)9-5-7(12)4-8(10(9)13)11(15)16/h4-6,14H,2-3H2,1H3,(H,15,16). The van der Waals surface area contributed by atoms with Crippen LogP contribution in [0.4, 0.5) is 0 Å². The quantitative estimate of drug-likeness (QED) is 0.865. The van der Waals surface area contributed by atoms with Gasteiger partial charge in [0, 0.05) is 5.02 Å². The van der Waals surface area contributed by atoms with Crippen molar-refractivity contribution in [2.45, 2.75) is 24.3 Å². The maximum atomic E-state index is 12.0. The Morgan fingerprint density at radius 3 is 2.42 bits per heavy atom. The molecule has 1 aromatic rings. The highest BCUT2D eigenvalue weighted by Gasteiger charge is 2.24. The molecule has 0 aromatic heterocycles. The van der Waals surface area contributed by atoms with Crippen LogP contribution in [0.3, 0.4) is 0 Å². The number of sulfone groups is 1. The number of hydrogen-bond donors (Lipinski definition) is 2. The molecule has 0 amide bonds. The minimum absolute atomic E-state index is 0.0214. The number of aliphatic hydroxyl groups excluding tert-OH is 1. The zero-order valence-electron chi connectivity index (χ0n) is 9.93. The molecule has 1 rings (SSSR count). The molecular weight excluding hydrogens is 315 g/mol. The Morgan fingerprint density at radius 1 is 1.37 bits per heavy atom. The Bertz CT molecular complexity index is 595. The van der Waals surface area contributed by atoms with Gasteiger partial charge in [0.25, 0.3) is 0 Å². The van der Waals surface area contributed by atoms with Gasteiger partial charge in [-0.1, -0.05) is 23.2 Å². The number of aromatic carboxylic acids is 1. The molecule has 0 fully saturated rings. The molecule has 0 heterocycles. The number of hydrogen-bond acceptors (Lipinski definition) is 4. The third-order valence-corrected chi connectivity index (χ3v) is 4.88. The van der Waals surface area contributed by atoms with Crippen molar-refractivity contribution in [3.8, 4) is 0 Å². The Hall–Kier alpha value is -0.820. The number of carboxylic acids is 1. The summed E-state index contributed by atoms with van der Waals surface area (Å²) in [6, 6.07) is 2.19. The Kier molecular flexibility index (Phi) is 5.20. The molecule has 8 heteroatoms. The van der Waals surface area contributed by atoms with Crippen molar-refractivity contribution in [1.82, 2.24) is 0 Å². The first-order valence-corrected chi connectivity index (χ1v) is 7.69. The number of carboxylic acid groups (broad SMARTS) is 1. The molecule has 1 atom stereocenters. The van der Waals surface area contributed by atoms with Gasteiger partial charge in [-0.25, -0.2) is 13.2 Å². The fourth-order valence-corrected chi connectivity index (χ4v) is 3.77. The van der Waals surface area contributed by atoms with E-state index in [9.17, 15) is 13.2 Å². The fourth-order valence-electron chi connectivity index (χ4n) is 1.38. The summed E-state index contributed by atoms with van der Waals surface area (Å²) < 4.78 is 24.1. The second kappa shape index (κ2) is 6.09. The van der Waals surface area contributed by atoms with Crippen LogP contribution in [-0.4, -0.2) is 36.5 Å². The van der Waals surface area contributed by atoms with Gasteiger partial charge in [-0.15, -0.1) is 0 Å². The first-order chi connectivity index (χ1) is 8.65. The molecule has 0 aliphatic rings. The summed E-state index contributed by atoms with van der Waals surface area (Å²) in [6.45, 7) is 1.46. The highest BCUT2D eigenvalue weighted by molar-refractivity contribution is 7.91. The van der Waals surface area contributed by atoms with Gasteiger partial charge in [0.05, 0.1) is 27.3 Å². The fraction of sp³-hybridized carbons (Fsp3) is 0.364. The molecule has 2 N–H and O–H groups in total. The summed E-state index contributed by atoms with van der Waals surface area (Å²) in [6.07, 6.45) is -0.764. The van der Waals surface area contributed by atoms with Gasteiger partial charge in [-0.3, -0.25) is 0 Å². The van der Waals surface area contributed by atoms with Crippen LogP contribution in [0, 0.1) is 0 Å². The largest absolute Gasteiger partial charge is 0.478 e. The second-order valence-electron chi connectivity index (χ2n) is 4.03. The van der Waals surface area contributed by atoms with Gasteiger partial charge in [-0.05, 0) is 25.5 Å². The molecule has 106 valence electrons. The van der Waals surface area contributed by atoms with Crippen LogP contribution in [0.5, 0.6) is 0 Å². The van der Waals surface area contributed by atoms with Crippen LogP contribution >= 0.6 is 23.2 Å². The third kappa shape index (κ3) is 4.07. The summed E-state index contributed by atoms with van der Waals surface area (Å²) >= 11 is 11.5. The van der Waals surface area contributed by atoms with Gasteiger partial charge in [0.15, 0.2) is 9.84 Å². The lowest BCUT2D eigenvalue weighted by molar-refractivity contribution is 0.0697. The molecule has 0 bridgehead atoms. The summed E-state index contributed by atoms with van der Waals surface area (Å²) in [5.74, 6) is -1.71. The van der Waals surface area contributed by atoms with E-state index in [-0.39, 0.29) is 32.7 Å².